The SMILES string of the molecule is COc1c(C(C)=O)c(OCCCCBr)c(OC)c2occc12. The van der Waals surface area contributed by atoms with Gasteiger partial charge < -0.3 is 18.6 Å². The van der Waals surface area contributed by atoms with Crippen molar-refractivity contribution in [3.05, 3.63) is 17.9 Å². The smallest absolute Gasteiger partial charge is 0.205 e. The van der Waals surface area contributed by atoms with Crippen LogP contribution in [0, 0.1) is 0 Å². The predicted molar refractivity (Wildman–Crippen MR) is 87.8 cm³/mol. The summed E-state index contributed by atoms with van der Waals surface area (Å²) in [6, 6.07) is 1.75. The van der Waals surface area contributed by atoms with Crippen molar-refractivity contribution in [2.45, 2.75) is 19.8 Å². The number of alkyl halides is 1. The zero-order valence-electron chi connectivity index (χ0n) is 12.9. The second-order valence-electron chi connectivity index (χ2n) is 4.73. The number of Topliss-reactive ketones (excluding diaryl/α,β-unsaturated/α-hetero) is 1. The van der Waals surface area contributed by atoms with Crippen molar-refractivity contribution in [2.75, 3.05) is 26.2 Å². The van der Waals surface area contributed by atoms with Crippen LogP contribution in [0.5, 0.6) is 17.2 Å². The normalized spacial score (nSPS) is 10.7. The molecule has 1 heterocycles. The maximum Gasteiger partial charge on any atom is 0.205 e. The number of rotatable bonds is 8. The standard InChI is InChI=1S/C16H19BrO5/c1-10(18)12-13(19-2)11-6-9-22-14(11)16(20-3)15(12)21-8-5-4-7-17/h6,9H,4-5,7-8H2,1-3H3. The average Bonchev–Trinajstić information content (AvgIpc) is 2.98. The molecule has 1 aromatic carbocycles. The Bertz CT molecular complexity index is 662. The molecule has 120 valence electrons. The van der Waals surface area contributed by atoms with Gasteiger partial charge in [0, 0.05) is 5.33 Å². The second kappa shape index (κ2) is 7.54. The predicted octanol–water partition coefficient (Wildman–Crippen LogP) is 4.21. The third kappa shape index (κ3) is 3.06. The van der Waals surface area contributed by atoms with Gasteiger partial charge in [0.05, 0.1) is 32.5 Å². The number of fused-ring (bicyclic) bond motifs is 1. The van der Waals surface area contributed by atoms with E-state index in [1.165, 1.54) is 27.4 Å². The zero-order valence-corrected chi connectivity index (χ0v) is 14.5. The minimum atomic E-state index is -0.145. The summed E-state index contributed by atoms with van der Waals surface area (Å²) in [7, 11) is 3.05. The maximum absolute atomic E-state index is 12.1. The van der Waals surface area contributed by atoms with Crippen LogP contribution < -0.4 is 14.2 Å². The molecule has 5 nitrogen and oxygen atoms in total. The molecule has 0 spiro atoms. The van der Waals surface area contributed by atoms with Gasteiger partial charge in [-0.25, -0.2) is 0 Å². The van der Waals surface area contributed by atoms with Crippen LogP contribution in [0.25, 0.3) is 11.0 Å². The minimum absolute atomic E-state index is 0.145. The third-order valence-electron chi connectivity index (χ3n) is 3.31. The molecule has 1 aromatic heterocycles. The quantitative estimate of drug-likeness (QED) is 0.395. The lowest BCUT2D eigenvalue weighted by Crippen LogP contribution is -2.07. The van der Waals surface area contributed by atoms with Crippen LogP contribution in [0.3, 0.4) is 0 Å². The maximum atomic E-state index is 12.1. The van der Waals surface area contributed by atoms with Gasteiger partial charge in [-0.3, -0.25) is 4.79 Å². The van der Waals surface area contributed by atoms with Crippen LogP contribution >= 0.6 is 15.9 Å². The number of hydrogen-bond donors (Lipinski definition) is 0. The number of furan rings is 1. The van der Waals surface area contributed by atoms with Crippen LogP contribution in [0.15, 0.2) is 16.7 Å². The molecule has 0 aliphatic carbocycles. The first kappa shape index (κ1) is 16.7. The van der Waals surface area contributed by atoms with E-state index in [1.54, 1.807) is 6.07 Å². The molecule has 0 saturated heterocycles. The van der Waals surface area contributed by atoms with Crippen LogP contribution in [-0.2, 0) is 0 Å². The van der Waals surface area contributed by atoms with Crippen LogP contribution in [-0.4, -0.2) is 31.9 Å². The molecule has 0 radical (unpaired) electrons. The first-order valence-electron chi connectivity index (χ1n) is 7.00. The largest absolute Gasteiger partial charge is 0.495 e. The Kier molecular flexibility index (Phi) is 5.71. The second-order valence-corrected chi connectivity index (χ2v) is 5.53. The lowest BCUT2D eigenvalue weighted by atomic mass is 10.0. The van der Waals surface area contributed by atoms with E-state index in [0.717, 1.165) is 18.2 Å². The number of halogens is 1. The van der Waals surface area contributed by atoms with E-state index in [9.17, 15) is 4.79 Å². The van der Waals surface area contributed by atoms with E-state index in [0.29, 0.717) is 40.4 Å². The van der Waals surface area contributed by atoms with Crippen molar-refractivity contribution in [3.8, 4) is 17.2 Å². The molecule has 0 N–H and O–H groups in total. The van der Waals surface area contributed by atoms with Crippen molar-refractivity contribution in [2.24, 2.45) is 0 Å². The number of carbonyl (C=O) groups is 1. The molecule has 0 amide bonds. The van der Waals surface area contributed by atoms with Crippen molar-refractivity contribution in [1.82, 2.24) is 0 Å². The summed E-state index contributed by atoms with van der Waals surface area (Å²) in [4.78, 5) is 12.1. The fraction of sp³-hybridized carbons (Fsp3) is 0.438. The summed E-state index contributed by atoms with van der Waals surface area (Å²) < 4.78 is 22.2. The van der Waals surface area contributed by atoms with Crippen molar-refractivity contribution in [3.63, 3.8) is 0 Å². The first-order chi connectivity index (χ1) is 10.7. The molecular formula is C16H19BrO5. The average molecular weight is 371 g/mol. The lowest BCUT2D eigenvalue weighted by Gasteiger charge is -2.17. The van der Waals surface area contributed by atoms with Crippen molar-refractivity contribution >= 4 is 32.7 Å². The van der Waals surface area contributed by atoms with E-state index in [4.69, 9.17) is 18.6 Å². The molecule has 0 fully saturated rings. The molecule has 6 heteroatoms. The molecule has 2 aromatic rings. The molecule has 0 atom stereocenters. The topological polar surface area (TPSA) is 57.9 Å². The van der Waals surface area contributed by atoms with E-state index in [1.807, 2.05) is 0 Å². The highest BCUT2D eigenvalue weighted by atomic mass is 79.9. The molecule has 2 rings (SSSR count). The number of benzene rings is 1. The van der Waals surface area contributed by atoms with E-state index < -0.39 is 0 Å². The highest BCUT2D eigenvalue weighted by molar-refractivity contribution is 9.09. The molecule has 0 saturated carbocycles. The Morgan fingerprint density at radius 1 is 1.18 bits per heavy atom. The molecule has 22 heavy (non-hydrogen) atoms. The van der Waals surface area contributed by atoms with Crippen molar-refractivity contribution in [1.29, 1.82) is 0 Å². The van der Waals surface area contributed by atoms with Crippen LogP contribution in [0.4, 0.5) is 0 Å². The molecular weight excluding hydrogens is 352 g/mol. The van der Waals surface area contributed by atoms with Crippen LogP contribution in [0.2, 0.25) is 0 Å². The highest BCUT2D eigenvalue weighted by Crippen LogP contribution is 2.46. The van der Waals surface area contributed by atoms with E-state index in [2.05, 4.69) is 15.9 Å². The number of carbonyl (C=O) groups excluding carboxylic acids is 1. The Morgan fingerprint density at radius 2 is 1.91 bits per heavy atom. The number of ether oxygens (including phenoxy) is 3. The summed E-state index contributed by atoms with van der Waals surface area (Å²) in [5.74, 6) is 1.11. The summed E-state index contributed by atoms with van der Waals surface area (Å²) in [6.07, 6.45) is 3.39. The fourth-order valence-electron chi connectivity index (χ4n) is 2.34. The number of hydrogen-bond acceptors (Lipinski definition) is 5. The number of ketones is 1. The summed E-state index contributed by atoms with van der Waals surface area (Å²) in [6.45, 7) is 1.96. The minimum Gasteiger partial charge on any atom is -0.495 e. The molecule has 0 aliphatic rings. The highest BCUT2D eigenvalue weighted by Gasteiger charge is 2.26. The first-order valence-corrected chi connectivity index (χ1v) is 8.12. The van der Waals surface area contributed by atoms with Gasteiger partial charge in [-0.15, -0.1) is 0 Å². The Morgan fingerprint density at radius 3 is 2.50 bits per heavy atom. The van der Waals surface area contributed by atoms with Gasteiger partial charge in [0.15, 0.2) is 17.1 Å². The zero-order chi connectivity index (χ0) is 16.1. The van der Waals surface area contributed by atoms with E-state index >= 15 is 0 Å². The van der Waals surface area contributed by atoms with Crippen LogP contribution in [0.1, 0.15) is 30.1 Å². The number of unbranched alkanes of at least 4 members (excludes halogenated alkanes) is 1. The van der Waals surface area contributed by atoms with Gasteiger partial charge in [0.1, 0.15) is 11.3 Å². The summed E-state index contributed by atoms with van der Waals surface area (Å²) in [5.41, 5.74) is 0.895. The fourth-order valence-corrected chi connectivity index (χ4v) is 2.74. The molecule has 0 bridgehead atoms. The van der Waals surface area contributed by atoms with E-state index in [-0.39, 0.29) is 5.78 Å². The Balaban J connectivity index is 2.58. The van der Waals surface area contributed by atoms with Gasteiger partial charge in [-0.2, -0.15) is 0 Å². The van der Waals surface area contributed by atoms with Gasteiger partial charge in [0.2, 0.25) is 5.75 Å². The summed E-state index contributed by atoms with van der Waals surface area (Å²) >= 11 is 3.38. The molecule has 0 unspecified atom stereocenters. The lowest BCUT2D eigenvalue weighted by molar-refractivity contribution is 0.101. The Hall–Kier alpha value is -1.69. The van der Waals surface area contributed by atoms with Gasteiger partial charge in [-0.1, -0.05) is 15.9 Å². The van der Waals surface area contributed by atoms with Crippen molar-refractivity contribution < 1.29 is 23.4 Å². The summed E-state index contributed by atoms with van der Waals surface area (Å²) in [5, 5.41) is 1.60. The monoisotopic (exact) mass is 370 g/mol. The molecule has 0 aliphatic heterocycles. The Labute approximate surface area is 137 Å². The number of methoxy groups -OCH3 is 2. The van der Waals surface area contributed by atoms with Gasteiger partial charge in [-0.05, 0) is 25.8 Å². The van der Waals surface area contributed by atoms with Gasteiger partial charge >= 0.3 is 0 Å². The third-order valence-corrected chi connectivity index (χ3v) is 3.87. The van der Waals surface area contributed by atoms with Gasteiger partial charge in [0.25, 0.3) is 0 Å².